The van der Waals surface area contributed by atoms with Crippen LogP contribution in [0.2, 0.25) is 0 Å². The van der Waals surface area contributed by atoms with Crippen LogP contribution < -0.4 is 5.32 Å². The van der Waals surface area contributed by atoms with Crippen molar-refractivity contribution in [2.45, 2.75) is 58.0 Å². The summed E-state index contributed by atoms with van der Waals surface area (Å²) in [5, 5.41) is 13.1. The van der Waals surface area contributed by atoms with Crippen molar-refractivity contribution in [3.05, 3.63) is 12.2 Å². The number of allylic oxidation sites excluding steroid dienone is 2. The molecule has 0 aliphatic heterocycles. The molecule has 0 aromatic heterocycles. The molecule has 18 heavy (non-hydrogen) atoms. The molecule has 0 aromatic rings. The Morgan fingerprint density at radius 2 is 2.28 bits per heavy atom. The Kier molecular flexibility index (Phi) is 4.44. The Labute approximate surface area is 110 Å². The quantitative estimate of drug-likeness (QED) is 0.754. The number of carbonyl (C=O) groups is 1. The summed E-state index contributed by atoms with van der Waals surface area (Å²) < 4.78 is 0. The van der Waals surface area contributed by atoms with Crippen LogP contribution in [0.3, 0.4) is 0 Å². The van der Waals surface area contributed by atoms with Crippen molar-refractivity contribution in [1.29, 1.82) is 0 Å². The Hall–Kier alpha value is -0.830. The van der Waals surface area contributed by atoms with Crippen LogP contribution in [0.15, 0.2) is 12.2 Å². The van der Waals surface area contributed by atoms with Crippen LogP contribution in [0.5, 0.6) is 0 Å². The number of amides is 1. The maximum Gasteiger partial charge on any atom is 0.220 e. The highest BCUT2D eigenvalue weighted by Crippen LogP contribution is 2.35. The zero-order valence-corrected chi connectivity index (χ0v) is 11.3. The zero-order chi connectivity index (χ0) is 13.0. The van der Waals surface area contributed by atoms with Crippen molar-refractivity contribution in [2.75, 3.05) is 6.54 Å². The van der Waals surface area contributed by atoms with Gasteiger partial charge in [0.15, 0.2) is 0 Å². The van der Waals surface area contributed by atoms with Gasteiger partial charge in [-0.25, -0.2) is 0 Å². The predicted octanol–water partition coefficient (Wildman–Crippen LogP) is 2.40. The largest absolute Gasteiger partial charge is 0.392 e. The van der Waals surface area contributed by atoms with Gasteiger partial charge in [-0.15, -0.1) is 0 Å². The van der Waals surface area contributed by atoms with Crippen molar-refractivity contribution in [1.82, 2.24) is 5.32 Å². The van der Waals surface area contributed by atoms with Gasteiger partial charge in [-0.3, -0.25) is 4.79 Å². The Morgan fingerprint density at radius 1 is 1.44 bits per heavy atom. The van der Waals surface area contributed by atoms with Gasteiger partial charge in [0.1, 0.15) is 0 Å². The molecule has 1 saturated carbocycles. The van der Waals surface area contributed by atoms with E-state index in [0.29, 0.717) is 18.9 Å². The lowest BCUT2D eigenvalue weighted by Crippen LogP contribution is -2.45. The summed E-state index contributed by atoms with van der Waals surface area (Å²) in [5.41, 5.74) is -0.126. The van der Waals surface area contributed by atoms with Crippen LogP contribution in [0.4, 0.5) is 0 Å². The first-order valence-corrected chi connectivity index (χ1v) is 7.21. The average Bonchev–Trinajstić information content (AvgIpc) is 2.84. The molecular weight excluding hydrogens is 226 g/mol. The van der Waals surface area contributed by atoms with E-state index >= 15 is 0 Å². The summed E-state index contributed by atoms with van der Waals surface area (Å²) >= 11 is 0. The van der Waals surface area contributed by atoms with Crippen LogP contribution in [0.1, 0.15) is 51.9 Å². The highest BCUT2D eigenvalue weighted by atomic mass is 16.3. The summed E-state index contributed by atoms with van der Waals surface area (Å²) in [7, 11) is 0. The minimum atomic E-state index is -0.266. The third kappa shape index (κ3) is 3.35. The van der Waals surface area contributed by atoms with Crippen LogP contribution >= 0.6 is 0 Å². The van der Waals surface area contributed by atoms with E-state index in [1.54, 1.807) is 0 Å². The molecule has 1 amide bonds. The molecule has 0 unspecified atom stereocenters. The first-order chi connectivity index (χ1) is 8.60. The summed E-state index contributed by atoms with van der Waals surface area (Å²) in [6.45, 7) is 2.70. The van der Waals surface area contributed by atoms with Crippen molar-refractivity contribution in [2.24, 2.45) is 11.3 Å². The number of hydrogen-bond donors (Lipinski definition) is 2. The molecule has 2 aliphatic carbocycles. The summed E-state index contributed by atoms with van der Waals surface area (Å²) in [6.07, 6.45) is 11.0. The van der Waals surface area contributed by atoms with Crippen LogP contribution in [0.25, 0.3) is 0 Å². The minimum Gasteiger partial charge on any atom is -0.392 e. The zero-order valence-electron chi connectivity index (χ0n) is 11.3. The SMILES string of the molecule is C[C@]1(CNC(=O)C[C@@H]2C=CCC2)CCCC[C@H]1O. The van der Waals surface area contributed by atoms with E-state index in [1.165, 1.54) is 0 Å². The number of aliphatic hydroxyl groups is 1. The topological polar surface area (TPSA) is 49.3 Å². The lowest BCUT2D eigenvalue weighted by atomic mass is 9.73. The molecule has 0 spiro atoms. The Bertz CT molecular complexity index is 326. The van der Waals surface area contributed by atoms with E-state index in [2.05, 4.69) is 24.4 Å². The van der Waals surface area contributed by atoms with Crippen molar-refractivity contribution in [3.8, 4) is 0 Å². The molecule has 0 saturated heterocycles. The molecule has 0 aromatic carbocycles. The van der Waals surface area contributed by atoms with Gasteiger partial charge in [-0.05, 0) is 31.6 Å². The predicted molar refractivity (Wildman–Crippen MR) is 72.1 cm³/mol. The number of aliphatic hydroxyl groups excluding tert-OH is 1. The molecule has 1 fully saturated rings. The van der Waals surface area contributed by atoms with Crippen LogP contribution in [-0.2, 0) is 4.79 Å². The van der Waals surface area contributed by atoms with Crippen molar-refractivity contribution in [3.63, 3.8) is 0 Å². The normalized spacial score (nSPS) is 35.7. The fraction of sp³-hybridized carbons (Fsp3) is 0.800. The second-order valence-corrected chi connectivity index (χ2v) is 6.16. The van der Waals surface area contributed by atoms with Gasteiger partial charge < -0.3 is 10.4 Å². The monoisotopic (exact) mass is 251 g/mol. The maximum atomic E-state index is 11.9. The van der Waals surface area contributed by atoms with Gasteiger partial charge in [-0.1, -0.05) is 31.9 Å². The van der Waals surface area contributed by atoms with Gasteiger partial charge in [0, 0.05) is 18.4 Å². The van der Waals surface area contributed by atoms with E-state index in [0.717, 1.165) is 38.5 Å². The van der Waals surface area contributed by atoms with Crippen molar-refractivity contribution < 1.29 is 9.90 Å². The molecular formula is C15H25NO2. The molecule has 2 rings (SSSR count). The highest BCUT2D eigenvalue weighted by Gasteiger charge is 2.35. The van der Waals surface area contributed by atoms with E-state index < -0.39 is 0 Å². The van der Waals surface area contributed by atoms with Gasteiger partial charge in [0.2, 0.25) is 5.91 Å². The number of rotatable bonds is 4. The standard InChI is InChI=1S/C15H25NO2/c1-15(9-5-4-8-13(15)17)11-16-14(18)10-12-6-2-3-7-12/h2,6,12-13,17H,3-5,7-11H2,1H3,(H,16,18)/t12-,13-,15-/m1/s1. The summed E-state index contributed by atoms with van der Waals surface area (Å²) in [6, 6.07) is 0. The third-order valence-corrected chi connectivity index (χ3v) is 4.53. The van der Waals surface area contributed by atoms with E-state index in [9.17, 15) is 9.90 Å². The van der Waals surface area contributed by atoms with Crippen LogP contribution in [0, 0.1) is 11.3 Å². The number of carbonyl (C=O) groups excluding carboxylic acids is 1. The molecule has 2 aliphatic rings. The fourth-order valence-electron chi connectivity index (χ4n) is 3.06. The van der Waals surface area contributed by atoms with E-state index in [4.69, 9.17) is 0 Å². The third-order valence-electron chi connectivity index (χ3n) is 4.53. The molecule has 0 radical (unpaired) electrons. The van der Waals surface area contributed by atoms with Gasteiger partial charge in [-0.2, -0.15) is 0 Å². The molecule has 0 bridgehead atoms. The molecule has 3 heteroatoms. The van der Waals surface area contributed by atoms with Gasteiger partial charge in [0.25, 0.3) is 0 Å². The lowest BCUT2D eigenvalue weighted by Gasteiger charge is -2.38. The highest BCUT2D eigenvalue weighted by molar-refractivity contribution is 5.76. The smallest absolute Gasteiger partial charge is 0.220 e. The molecule has 3 nitrogen and oxygen atoms in total. The fourth-order valence-corrected chi connectivity index (χ4v) is 3.06. The maximum absolute atomic E-state index is 11.9. The number of hydrogen-bond acceptors (Lipinski definition) is 2. The van der Waals surface area contributed by atoms with Gasteiger partial charge >= 0.3 is 0 Å². The summed E-state index contributed by atoms with van der Waals surface area (Å²) in [4.78, 5) is 11.9. The molecule has 102 valence electrons. The number of nitrogens with one attached hydrogen (secondary N) is 1. The average molecular weight is 251 g/mol. The first-order valence-electron chi connectivity index (χ1n) is 7.21. The van der Waals surface area contributed by atoms with E-state index in [-0.39, 0.29) is 17.4 Å². The summed E-state index contributed by atoms with van der Waals surface area (Å²) in [5.74, 6) is 0.555. The molecule has 2 N–H and O–H groups in total. The minimum absolute atomic E-state index is 0.126. The second kappa shape index (κ2) is 5.87. The molecule has 0 heterocycles. The lowest BCUT2D eigenvalue weighted by molar-refractivity contribution is -0.122. The van der Waals surface area contributed by atoms with Crippen LogP contribution in [-0.4, -0.2) is 23.7 Å². The second-order valence-electron chi connectivity index (χ2n) is 6.16. The first kappa shape index (κ1) is 13.6. The Morgan fingerprint density at radius 3 is 2.94 bits per heavy atom. The van der Waals surface area contributed by atoms with E-state index in [1.807, 2.05) is 0 Å². The molecule has 3 atom stereocenters. The van der Waals surface area contributed by atoms with Crippen molar-refractivity contribution >= 4 is 5.91 Å². The Balaban J connectivity index is 1.75. The van der Waals surface area contributed by atoms with Gasteiger partial charge in [0.05, 0.1) is 6.10 Å².